The van der Waals surface area contributed by atoms with E-state index < -0.39 is 0 Å². The van der Waals surface area contributed by atoms with Crippen molar-refractivity contribution in [3.05, 3.63) is 35.4 Å². The second kappa shape index (κ2) is 6.34. The molecule has 124 valence electrons. The lowest BCUT2D eigenvalue weighted by atomic mass is 9.63. The predicted octanol–water partition coefficient (Wildman–Crippen LogP) is 2.53. The number of hydrogen-bond acceptors (Lipinski definition) is 2. The molecule has 1 aromatic rings. The van der Waals surface area contributed by atoms with Gasteiger partial charge in [0.15, 0.2) is 0 Å². The summed E-state index contributed by atoms with van der Waals surface area (Å²) < 4.78 is 0. The van der Waals surface area contributed by atoms with Gasteiger partial charge in [-0.2, -0.15) is 0 Å². The summed E-state index contributed by atoms with van der Waals surface area (Å²) in [5.41, 5.74) is 7.37. The zero-order chi connectivity index (χ0) is 16.4. The number of likely N-dealkylation sites (tertiary alicyclic amines) is 1. The molecule has 3 rings (SSSR count). The fourth-order valence-corrected chi connectivity index (χ4v) is 4.03. The molecule has 0 spiro atoms. The molecule has 4 heteroatoms. The number of benzene rings is 1. The highest BCUT2D eigenvalue weighted by Gasteiger charge is 2.48. The fourth-order valence-electron chi connectivity index (χ4n) is 4.03. The second-order valence-electron chi connectivity index (χ2n) is 7.21. The van der Waals surface area contributed by atoms with Crippen LogP contribution in [-0.4, -0.2) is 29.8 Å². The lowest BCUT2D eigenvalue weighted by Crippen LogP contribution is -2.53. The first-order valence-corrected chi connectivity index (χ1v) is 8.66. The summed E-state index contributed by atoms with van der Waals surface area (Å²) in [6.45, 7) is 3.59. The highest BCUT2D eigenvalue weighted by atomic mass is 16.2. The van der Waals surface area contributed by atoms with Crippen LogP contribution in [0.3, 0.4) is 0 Å². The number of amides is 2. The van der Waals surface area contributed by atoms with E-state index in [1.165, 1.54) is 11.1 Å². The van der Waals surface area contributed by atoms with Gasteiger partial charge in [0.2, 0.25) is 11.8 Å². The largest absolute Gasteiger partial charge is 0.370 e. The van der Waals surface area contributed by atoms with Crippen LogP contribution < -0.4 is 5.73 Å². The van der Waals surface area contributed by atoms with Crippen LogP contribution in [0.15, 0.2) is 24.3 Å². The van der Waals surface area contributed by atoms with E-state index in [2.05, 4.69) is 31.2 Å². The van der Waals surface area contributed by atoms with Crippen molar-refractivity contribution in [1.82, 2.24) is 4.90 Å². The van der Waals surface area contributed by atoms with Gasteiger partial charge in [0.25, 0.3) is 0 Å². The van der Waals surface area contributed by atoms with Crippen molar-refractivity contribution in [2.24, 2.45) is 11.7 Å². The molecule has 1 saturated heterocycles. The maximum atomic E-state index is 13.2. The number of carbonyl (C=O) groups excluding carboxylic acids is 2. The van der Waals surface area contributed by atoms with Crippen molar-refractivity contribution in [1.29, 1.82) is 0 Å². The lowest BCUT2D eigenvalue weighted by molar-refractivity contribution is -0.142. The first-order valence-electron chi connectivity index (χ1n) is 8.66. The Kier molecular flexibility index (Phi) is 4.42. The van der Waals surface area contributed by atoms with Crippen LogP contribution in [0.25, 0.3) is 0 Å². The van der Waals surface area contributed by atoms with E-state index >= 15 is 0 Å². The van der Waals surface area contributed by atoms with Crippen LogP contribution >= 0.6 is 0 Å². The number of nitrogens with zero attached hydrogens (tertiary/aromatic N) is 1. The molecule has 0 bridgehead atoms. The number of rotatable bonds is 4. The van der Waals surface area contributed by atoms with Gasteiger partial charge in [-0.15, -0.1) is 0 Å². The quantitative estimate of drug-likeness (QED) is 0.928. The molecule has 0 unspecified atom stereocenters. The highest BCUT2D eigenvalue weighted by molar-refractivity contribution is 5.89. The molecular formula is C19H26N2O2. The summed E-state index contributed by atoms with van der Waals surface area (Å²) in [6, 6.07) is 8.40. The third kappa shape index (κ3) is 3.12. The predicted molar refractivity (Wildman–Crippen MR) is 89.8 cm³/mol. The first-order chi connectivity index (χ1) is 11.0. The molecule has 1 heterocycles. The Morgan fingerprint density at radius 3 is 2.48 bits per heavy atom. The smallest absolute Gasteiger partial charge is 0.233 e. The minimum atomic E-state index is -0.303. The molecule has 0 radical (unpaired) electrons. The van der Waals surface area contributed by atoms with Crippen molar-refractivity contribution in [3.8, 4) is 0 Å². The van der Waals surface area contributed by atoms with Crippen LogP contribution in [0.1, 0.15) is 49.7 Å². The van der Waals surface area contributed by atoms with Crippen LogP contribution in [-0.2, 0) is 15.0 Å². The normalized spacial score (nSPS) is 20.8. The zero-order valence-corrected chi connectivity index (χ0v) is 13.9. The molecule has 1 aromatic carbocycles. The number of carbonyl (C=O) groups is 2. The fraction of sp³-hybridized carbons (Fsp3) is 0.579. The third-order valence-electron chi connectivity index (χ3n) is 5.58. The van der Waals surface area contributed by atoms with Gasteiger partial charge in [0.1, 0.15) is 0 Å². The van der Waals surface area contributed by atoms with Gasteiger partial charge in [-0.25, -0.2) is 0 Å². The molecule has 1 saturated carbocycles. The van der Waals surface area contributed by atoms with Crippen molar-refractivity contribution >= 4 is 11.8 Å². The standard InChI is InChI=1S/C19H26N2O2/c1-14-4-2-5-16(12-14)19(8-3-9-19)18(23)21-10-6-15(7-11-21)13-17(20)22/h2,4-5,12,15H,3,6-11,13H2,1H3,(H2,20,22). The summed E-state index contributed by atoms with van der Waals surface area (Å²) in [7, 11) is 0. The van der Waals surface area contributed by atoms with E-state index in [-0.39, 0.29) is 17.2 Å². The van der Waals surface area contributed by atoms with Crippen LogP contribution in [0.5, 0.6) is 0 Å². The number of primary amides is 1. The van der Waals surface area contributed by atoms with Crippen LogP contribution in [0.2, 0.25) is 0 Å². The van der Waals surface area contributed by atoms with Gasteiger partial charge < -0.3 is 10.6 Å². The Morgan fingerprint density at radius 2 is 1.96 bits per heavy atom. The van der Waals surface area contributed by atoms with E-state index in [0.29, 0.717) is 12.3 Å². The topological polar surface area (TPSA) is 63.4 Å². The van der Waals surface area contributed by atoms with E-state index in [0.717, 1.165) is 45.2 Å². The maximum absolute atomic E-state index is 13.2. The Balaban J connectivity index is 1.71. The molecule has 23 heavy (non-hydrogen) atoms. The summed E-state index contributed by atoms with van der Waals surface area (Å²) in [6.07, 6.45) is 5.26. The van der Waals surface area contributed by atoms with Gasteiger partial charge in [0, 0.05) is 19.5 Å². The van der Waals surface area contributed by atoms with Crippen molar-refractivity contribution < 1.29 is 9.59 Å². The molecule has 0 atom stereocenters. The first kappa shape index (κ1) is 16.0. The second-order valence-corrected chi connectivity index (χ2v) is 7.21. The number of hydrogen-bond donors (Lipinski definition) is 1. The summed E-state index contributed by atoms with van der Waals surface area (Å²) in [5, 5.41) is 0. The number of aryl methyl sites for hydroxylation is 1. The van der Waals surface area contributed by atoms with Crippen LogP contribution in [0.4, 0.5) is 0 Å². The van der Waals surface area contributed by atoms with E-state index in [9.17, 15) is 9.59 Å². The van der Waals surface area contributed by atoms with Crippen LogP contribution in [0, 0.1) is 12.8 Å². The lowest BCUT2D eigenvalue weighted by Gasteiger charge is -2.45. The summed E-state index contributed by atoms with van der Waals surface area (Å²) in [5.74, 6) is 0.393. The molecule has 1 aliphatic heterocycles. The molecule has 4 nitrogen and oxygen atoms in total. The van der Waals surface area contributed by atoms with Crippen molar-refractivity contribution in [2.75, 3.05) is 13.1 Å². The summed E-state index contributed by atoms with van der Waals surface area (Å²) >= 11 is 0. The maximum Gasteiger partial charge on any atom is 0.233 e. The minimum Gasteiger partial charge on any atom is -0.370 e. The Bertz CT molecular complexity index is 599. The average Bonchev–Trinajstić information content (AvgIpc) is 2.46. The van der Waals surface area contributed by atoms with Gasteiger partial charge >= 0.3 is 0 Å². The van der Waals surface area contributed by atoms with E-state index in [4.69, 9.17) is 5.73 Å². The number of nitrogens with two attached hydrogens (primary N) is 1. The van der Waals surface area contributed by atoms with Crippen molar-refractivity contribution in [2.45, 2.75) is 50.9 Å². The Labute approximate surface area is 138 Å². The Hall–Kier alpha value is -1.84. The molecule has 2 aliphatic rings. The van der Waals surface area contributed by atoms with Gasteiger partial charge in [-0.1, -0.05) is 36.2 Å². The molecule has 0 aromatic heterocycles. The van der Waals surface area contributed by atoms with Gasteiger partial charge in [-0.05, 0) is 44.1 Å². The molecule has 2 fully saturated rings. The third-order valence-corrected chi connectivity index (χ3v) is 5.58. The van der Waals surface area contributed by atoms with Crippen molar-refractivity contribution in [3.63, 3.8) is 0 Å². The number of piperidine rings is 1. The average molecular weight is 314 g/mol. The van der Waals surface area contributed by atoms with Gasteiger partial charge in [0.05, 0.1) is 5.41 Å². The molecular weight excluding hydrogens is 288 g/mol. The summed E-state index contributed by atoms with van der Waals surface area (Å²) in [4.78, 5) is 26.2. The van der Waals surface area contributed by atoms with Gasteiger partial charge in [-0.3, -0.25) is 9.59 Å². The highest BCUT2D eigenvalue weighted by Crippen LogP contribution is 2.46. The monoisotopic (exact) mass is 314 g/mol. The van der Waals surface area contributed by atoms with E-state index in [1.54, 1.807) is 0 Å². The SMILES string of the molecule is Cc1cccc(C2(C(=O)N3CCC(CC(N)=O)CC3)CCC2)c1. The zero-order valence-electron chi connectivity index (χ0n) is 13.9. The molecule has 1 aliphatic carbocycles. The molecule has 2 N–H and O–H groups in total. The minimum absolute atomic E-state index is 0.231. The Morgan fingerprint density at radius 1 is 1.26 bits per heavy atom. The molecule has 2 amide bonds. The van der Waals surface area contributed by atoms with E-state index in [1.807, 2.05) is 4.90 Å².